The Morgan fingerprint density at radius 1 is 1.17 bits per heavy atom. The molecule has 0 spiro atoms. The Labute approximate surface area is 104 Å². The monoisotopic (exact) mass is 271 g/mol. The van der Waals surface area contributed by atoms with Gasteiger partial charge in [0.05, 0.1) is 17.3 Å². The lowest BCUT2D eigenvalue weighted by atomic mass is 10.2. The molecule has 3 N–H and O–H groups in total. The lowest BCUT2D eigenvalue weighted by Crippen LogP contribution is -2.09. The van der Waals surface area contributed by atoms with Crippen LogP contribution in [0.2, 0.25) is 0 Å². The van der Waals surface area contributed by atoms with E-state index in [2.05, 4.69) is 0 Å². The molecular formula is C11H11O6S. The first-order valence-electron chi connectivity index (χ1n) is 4.87. The number of allylic oxidation sites excluding steroid dienone is 1. The molecule has 0 fully saturated rings. The van der Waals surface area contributed by atoms with Crippen LogP contribution in [0.3, 0.4) is 0 Å². The number of hydrogen-bond acceptors (Lipinski definition) is 6. The highest BCUT2D eigenvalue weighted by molar-refractivity contribution is 7.91. The fourth-order valence-electron chi connectivity index (χ4n) is 1.24. The van der Waals surface area contributed by atoms with Gasteiger partial charge < -0.3 is 15.3 Å². The molecule has 0 saturated carbocycles. The normalized spacial score (nSPS) is 12.9. The molecule has 18 heavy (non-hydrogen) atoms. The van der Waals surface area contributed by atoms with E-state index in [1.165, 1.54) is 24.3 Å². The van der Waals surface area contributed by atoms with E-state index < -0.39 is 33.7 Å². The second kappa shape index (κ2) is 5.65. The van der Waals surface area contributed by atoms with E-state index >= 15 is 0 Å². The van der Waals surface area contributed by atoms with E-state index in [1.54, 1.807) is 0 Å². The minimum atomic E-state index is -3.57. The highest BCUT2D eigenvalue weighted by Crippen LogP contribution is 2.17. The molecule has 0 aliphatic heterocycles. The smallest absolute Gasteiger partial charge is 0.275 e. The molecule has 0 atom stereocenters. The maximum absolute atomic E-state index is 11.6. The Morgan fingerprint density at radius 2 is 1.72 bits per heavy atom. The van der Waals surface area contributed by atoms with Crippen molar-refractivity contribution in [2.24, 2.45) is 0 Å². The van der Waals surface area contributed by atoms with E-state index in [4.69, 9.17) is 10.2 Å². The van der Waals surface area contributed by atoms with Gasteiger partial charge >= 0.3 is 0 Å². The van der Waals surface area contributed by atoms with Crippen LogP contribution in [-0.4, -0.2) is 42.4 Å². The first kappa shape index (κ1) is 14.2. The van der Waals surface area contributed by atoms with Crippen molar-refractivity contribution in [2.45, 2.75) is 4.90 Å². The van der Waals surface area contributed by atoms with Crippen LogP contribution in [0.5, 0.6) is 0 Å². The number of rotatable bonds is 5. The third kappa shape index (κ3) is 3.08. The van der Waals surface area contributed by atoms with Gasteiger partial charge in [-0.1, -0.05) is 0 Å². The molecule has 7 heteroatoms. The average Bonchev–Trinajstić information content (AvgIpc) is 2.37. The van der Waals surface area contributed by atoms with Crippen molar-refractivity contribution in [1.82, 2.24) is 0 Å². The van der Waals surface area contributed by atoms with Gasteiger partial charge in [-0.3, -0.25) is 4.79 Å². The fourth-order valence-corrected chi connectivity index (χ4v) is 2.27. The molecule has 1 aromatic carbocycles. The van der Waals surface area contributed by atoms with Gasteiger partial charge in [-0.15, -0.1) is 0 Å². The molecular weight excluding hydrogens is 260 g/mol. The molecule has 0 saturated heterocycles. The van der Waals surface area contributed by atoms with Crippen molar-refractivity contribution in [3.8, 4) is 0 Å². The maximum atomic E-state index is 11.6. The molecule has 0 bridgehead atoms. The molecule has 1 radical (unpaired) electrons. The average molecular weight is 271 g/mol. The zero-order valence-electron chi connectivity index (χ0n) is 9.20. The van der Waals surface area contributed by atoms with E-state index in [0.29, 0.717) is 0 Å². The molecule has 97 valence electrons. The molecule has 0 aliphatic carbocycles. The molecule has 0 amide bonds. The SMILES string of the molecule is O=[C]C(O)=C(O)c1ccc(S(=O)(=O)CCO)cc1. The summed E-state index contributed by atoms with van der Waals surface area (Å²) >= 11 is 0. The minimum absolute atomic E-state index is 0.0253. The van der Waals surface area contributed by atoms with E-state index in [0.717, 1.165) is 6.29 Å². The molecule has 6 nitrogen and oxygen atoms in total. The van der Waals surface area contributed by atoms with E-state index in [-0.39, 0.29) is 10.5 Å². The summed E-state index contributed by atoms with van der Waals surface area (Å²) in [6, 6.07) is 4.86. The molecule has 1 aromatic rings. The van der Waals surface area contributed by atoms with Crippen LogP contribution >= 0.6 is 0 Å². The van der Waals surface area contributed by atoms with Gasteiger partial charge in [0.25, 0.3) is 6.29 Å². The van der Waals surface area contributed by atoms with Gasteiger partial charge in [-0.2, -0.15) is 0 Å². The van der Waals surface area contributed by atoms with Crippen molar-refractivity contribution in [2.75, 3.05) is 12.4 Å². The summed E-state index contributed by atoms with van der Waals surface area (Å²) in [5, 5.41) is 26.9. The van der Waals surface area contributed by atoms with Crippen LogP contribution < -0.4 is 0 Å². The standard InChI is InChI=1S/C11H11O6S/c12-5-6-18(16,17)9-3-1-8(2-4-9)11(15)10(14)7-13/h1-4,12,14-15H,5-6H2. The predicted octanol–water partition coefficient (Wildman–Crippen LogP) is 0.347. The Kier molecular flexibility index (Phi) is 4.46. The lowest BCUT2D eigenvalue weighted by molar-refractivity contribution is 0.319. The zero-order valence-corrected chi connectivity index (χ0v) is 10.0. The highest BCUT2D eigenvalue weighted by Gasteiger charge is 2.14. The van der Waals surface area contributed by atoms with Crippen LogP contribution in [0.4, 0.5) is 0 Å². The summed E-state index contributed by atoms with van der Waals surface area (Å²) < 4.78 is 23.1. The first-order valence-corrected chi connectivity index (χ1v) is 6.52. The Balaban J connectivity index is 3.12. The minimum Gasteiger partial charge on any atom is -0.504 e. The summed E-state index contributed by atoms with van der Waals surface area (Å²) in [5.74, 6) is -2.04. The van der Waals surface area contributed by atoms with Crippen molar-refractivity contribution in [3.63, 3.8) is 0 Å². The third-order valence-corrected chi connectivity index (χ3v) is 3.88. The van der Waals surface area contributed by atoms with Crippen molar-refractivity contribution in [1.29, 1.82) is 0 Å². The van der Waals surface area contributed by atoms with Crippen molar-refractivity contribution < 1.29 is 28.5 Å². The third-order valence-electron chi connectivity index (χ3n) is 2.17. The zero-order chi connectivity index (χ0) is 13.8. The molecule has 1 rings (SSSR count). The Bertz CT molecular complexity index is 556. The van der Waals surface area contributed by atoms with Crippen LogP contribution in [-0.2, 0) is 14.6 Å². The fraction of sp³-hybridized carbons (Fsp3) is 0.182. The topological polar surface area (TPSA) is 112 Å². The number of carbonyl (C=O) groups excluding carboxylic acids is 1. The van der Waals surface area contributed by atoms with Gasteiger partial charge in [-0.25, -0.2) is 8.42 Å². The maximum Gasteiger partial charge on any atom is 0.275 e. The first-order chi connectivity index (χ1) is 8.42. The summed E-state index contributed by atoms with van der Waals surface area (Å²) in [6.07, 6.45) is 1.11. The van der Waals surface area contributed by atoms with Crippen molar-refractivity contribution in [3.05, 3.63) is 35.6 Å². The van der Waals surface area contributed by atoms with Gasteiger partial charge in [0, 0.05) is 5.56 Å². The van der Waals surface area contributed by atoms with Crippen LogP contribution in [0.15, 0.2) is 34.9 Å². The van der Waals surface area contributed by atoms with Gasteiger partial charge in [0.1, 0.15) is 0 Å². The van der Waals surface area contributed by atoms with Crippen molar-refractivity contribution >= 4 is 21.9 Å². The highest BCUT2D eigenvalue weighted by atomic mass is 32.2. The number of benzene rings is 1. The van der Waals surface area contributed by atoms with E-state index in [9.17, 15) is 18.3 Å². The Morgan fingerprint density at radius 3 is 2.17 bits per heavy atom. The molecule has 0 aliphatic rings. The molecule has 0 unspecified atom stereocenters. The molecule has 0 heterocycles. The van der Waals surface area contributed by atoms with Gasteiger partial charge in [-0.05, 0) is 24.3 Å². The summed E-state index contributed by atoms with van der Waals surface area (Å²) in [7, 11) is -3.57. The predicted molar refractivity (Wildman–Crippen MR) is 63.5 cm³/mol. The second-order valence-corrected chi connectivity index (χ2v) is 5.48. The number of sulfone groups is 1. The second-order valence-electron chi connectivity index (χ2n) is 3.37. The van der Waals surface area contributed by atoms with Crippen LogP contribution in [0.25, 0.3) is 5.76 Å². The van der Waals surface area contributed by atoms with E-state index in [1.807, 2.05) is 0 Å². The lowest BCUT2D eigenvalue weighted by Gasteiger charge is -2.04. The number of hydrogen-bond donors (Lipinski definition) is 3. The number of aliphatic hydroxyl groups excluding tert-OH is 3. The van der Waals surface area contributed by atoms with Gasteiger partial charge in [0.15, 0.2) is 15.6 Å². The van der Waals surface area contributed by atoms with Gasteiger partial charge in [0.2, 0.25) is 5.76 Å². The quantitative estimate of drug-likeness (QED) is 0.526. The van der Waals surface area contributed by atoms with Crippen LogP contribution in [0, 0.1) is 0 Å². The summed E-state index contributed by atoms with van der Waals surface area (Å²) in [4.78, 5) is 10.1. The number of aliphatic hydroxyl groups is 3. The summed E-state index contributed by atoms with van der Waals surface area (Å²) in [5.41, 5.74) is 0.0822. The largest absolute Gasteiger partial charge is 0.504 e. The van der Waals surface area contributed by atoms with Crippen LogP contribution in [0.1, 0.15) is 5.56 Å². The summed E-state index contributed by atoms with van der Waals surface area (Å²) in [6.45, 7) is -0.490. The Hall–Kier alpha value is -1.86. The molecule has 0 aromatic heterocycles.